The minimum atomic E-state index is 0.457. The van der Waals surface area contributed by atoms with E-state index < -0.39 is 0 Å². The molecule has 17 heavy (non-hydrogen) atoms. The Kier molecular flexibility index (Phi) is 3.28. The van der Waals surface area contributed by atoms with Gasteiger partial charge in [0.2, 0.25) is 0 Å². The van der Waals surface area contributed by atoms with Gasteiger partial charge in [0.05, 0.1) is 0 Å². The van der Waals surface area contributed by atoms with Gasteiger partial charge in [-0.15, -0.1) is 0 Å². The summed E-state index contributed by atoms with van der Waals surface area (Å²) in [6.07, 6.45) is 1.58. The molecule has 0 spiro atoms. The number of aromatic nitrogens is 3. The molecule has 2 aromatic rings. The van der Waals surface area contributed by atoms with Crippen LogP contribution in [0.25, 0.3) is 5.65 Å². The van der Waals surface area contributed by atoms with Crippen molar-refractivity contribution in [1.82, 2.24) is 14.6 Å². The molecule has 5 heteroatoms. The first-order valence-corrected chi connectivity index (χ1v) is 5.83. The van der Waals surface area contributed by atoms with Crippen LogP contribution in [0.3, 0.4) is 0 Å². The van der Waals surface area contributed by atoms with E-state index in [2.05, 4.69) is 41.9 Å². The third kappa shape index (κ3) is 2.39. The Labute approximate surface area is 101 Å². The van der Waals surface area contributed by atoms with E-state index >= 15 is 0 Å². The number of rotatable bonds is 4. The number of nitrogens with two attached hydrogens (primary N) is 1. The highest BCUT2D eigenvalue weighted by Gasteiger charge is 2.11. The highest BCUT2D eigenvalue weighted by atomic mass is 15.4. The van der Waals surface area contributed by atoms with Crippen molar-refractivity contribution < 1.29 is 0 Å². The van der Waals surface area contributed by atoms with Crippen LogP contribution in [0.15, 0.2) is 18.5 Å². The van der Waals surface area contributed by atoms with Crippen LogP contribution in [-0.2, 0) is 0 Å². The van der Waals surface area contributed by atoms with E-state index in [-0.39, 0.29) is 0 Å². The summed E-state index contributed by atoms with van der Waals surface area (Å²) in [7, 11) is 2.06. The molecule has 92 valence electrons. The SMILES string of the molecule is Cc1cc(N(C)CC(C)CN)n2ncnc2c1. The van der Waals surface area contributed by atoms with E-state index in [9.17, 15) is 0 Å². The van der Waals surface area contributed by atoms with Crippen molar-refractivity contribution in [3.8, 4) is 0 Å². The zero-order valence-electron chi connectivity index (χ0n) is 10.6. The van der Waals surface area contributed by atoms with Crippen molar-refractivity contribution in [3.05, 3.63) is 24.0 Å². The molecule has 2 aromatic heterocycles. The summed E-state index contributed by atoms with van der Waals surface area (Å²) in [5.74, 6) is 1.51. The lowest BCUT2D eigenvalue weighted by Gasteiger charge is -2.23. The standard InChI is InChI=1S/C12H19N5/c1-9-4-11-14-8-15-17(11)12(5-9)16(3)7-10(2)6-13/h4-5,8,10H,6-7,13H2,1-3H3. The van der Waals surface area contributed by atoms with Gasteiger partial charge in [-0.1, -0.05) is 6.92 Å². The van der Waals surface area contributed by atoms with Gasteiger partial charge in [-0.3, -0.25) is 0 Å². The molecule has 5 nitrogen and oxygen atoms in total. The second kappa shape index (κ2) is 4.71. The molecular weight excluding hydrogens is 214 g/mol. The summed E-state index contributed by atoms with van der Waals surface area (Å²) in [6.45, 7) is 5.81. The quantitative estimate of drug-likeness (QED) is 0.858. The maximum absolute atomic E-state index is 5.66. The second-order valence-corrected chi connectivity index (χ2v) is 4.64. The van der Waals surface area contributed by atoms with Crippen molar-refractivity contribution in [2.45, 2.75) is 13.8 Å². The van der Waals surface area contributed by atoms with Crippen LogP contribution in [0.1, 0.15) is 12.5 Å². The smallest absolute Gasteiger partial charge is 0.157 e. The van der Waals surface area contributed by atoms with Crippen LogP contribution < -0.4 is 10.6 Å². The van der Waals surface area contributed by atoms with Crippen molar-refractivity contribution in [2.24, 2.45) is 11.7 Å². The Balaban J connectivity index is 2.36. The van der Waals surface area contributed by atoms with Gasteiger partial charge in [-0.2, -0.15) is 9.61 Å². The number of fused-ring (bicyclic) bond motifs is 1. The summed E-state index contributed by atoms with van der Waals surface area (Å²) in [4.78, 5) is 6.40. The van der Waals surface area contributed by atoms with Gasteiger partial charge in [-0.05, 0) is 37.1 Å². The van der Waals surface area contributed by atoms with Crippen LogP contribution in [0.4, 0.5) is 5.82 Å². The summed E-state index contributed by atoms with van der Waals surface area (Å²) in [5, 5.41) is 4.25. The van der Waals surface area contributed by atoms with Crippen molar-refractivity contribution in [3.63, 3.8) is 0 Å². The normalized spacial score (nSPS) is 12.9. The fourth-order valence-electron chi connectivity index (χ4n) is 1.94. The Morgan fingerprint density at radius 1 is 1.47 bits per heavy atom. The van der Waals surface area contributed by atoms with Gasteiger partial charge in [0.25, 0.3) is 0 Å². The topological polar surface area (TPSA) is 59.5 Å². The summed E-state index contributed by atoms with van der Waals surface area (Å²) >= 11 is 0. The van der Waals surface area contributed by atoms with Crippen molar-refractivity contribution in [1.29, 1.82) is 0 Å². The average Bonchev–Trinajstić information content (AvgIpc) is 2.75. The molecule has 0 aliphatic heterocycles. The zero-order valence-corrected chi connectivity index (χ0v) is 10.6. The number of pyridine rings is 1. The zero-order chi connectivity index (χ0) is 12.4. The number of aryl methyl sites for hydroxylation is 1. The fourth-order valence-corrected chi connectivity index (χ4v) is 1.94. The first kappa shape index (κ1) is 11.9. The number of anilines is 1. The lowest BCUT2D eigenvalue weighted by molar-refractivity contribution is 0.584. The molecule has 2 rings (SSSR count). The Morgan fingerprint density at radius 3 is 2.94 bits per heavy atom. The van der Waals surface area contributed by atoms with Gasteiger partial charge < -0.3 is 10.6 Å². The lowest BCUT2D eigenvalue weighted by atomic mass is 10.1. The van der Waals surface area contributed by atoms with Crippen LogP contribution in [0, 0.1) is 12.8 Å². The van der Waals surface area contributed by atoms with E-state index in [1.54, 1.807) is 6.33 Å². The van der Waals surface area contributed by atoms with Crippen LogP contribution >= 0.6 is 0 Å². The first-order valence-electron chi connectivity index (χ1n) is 5.83. The van der Waals surface area contributed by atoms with Gasteiger partial charge in [0, 0.05) is 13.6 Å². The van der Waals surface area contributed by atoms with E-state index in [4.69, 9.17) is 5.73 Å². The van der Waals surface area contributed by atoms with Gasteiger partial charge in [0.15, 0.2) is 5.65 Å². The monoisotopic (exact) mass is 233 g/mol. The lowest BCUT2D eigenvalue weighted by Crippen LogP contribution is -2.29. The molecule has 0 aliphatic rings. The average molecular weight is 233 g/mol. The number of hydrogen-bond donors (Lipinski definition) is 1. The molecule has 1 unspecified atom stereocenters. The predicted molar refractivity (Wildman–Crippen MR) is 69.2 cm³/mol. The summed E-state index contributed by atoms with van der Waals surface area (Å²) in [5.41, 5.74) is 7.73. The van der Waals surface area contributed by atoms with E-state index in [0.717, 1.165) is 18.0 Å². The van der Waals surface area contributed by atoms with Gasteiger partial charge in [0.1, 0.15) is 12.1 Å². The Morgan fingerprint density at radius 2 is 2.24 bits per heavy atom. The van der Waals surface area contributed by atoms with Gasteiger partial charge >= 0.3 is 0 Å². The molecule has 0 aromatic carbocycles. The molecule has 0 radical (unpaired) electrons. The van der Waals surface area contributed by atoms with Crippen LogP contribution in [0.2, 0.25) is 0 Å². The van der Waals surface area contributed by atoms with E-state index in [1.807, 2.05) is 10.6 Å². The van der Waals surface area contributed by atoms with Crippen molar-refractivity contribution in [2.75, 3.05) is 25.0 Å². The highest BCUT2D eigenvalue weighted by molar-refractivity contribution is 5.52. The molecule has 0 saturated carbocycles. The third-order valence-corrected chi connectivity index (χ3v) is 2.88. The Bertz CT molecular complexity index is 505. The third-order valence-electron chi connectivity index (χ3n) is 2.88. The fraction of sp³-hybridized carbons (Fsp3) is 0.500. The van der Waals surface area contributed by atoms with Crippen LogP contribution in [-0.4, -0.2) is 34.7 Å². The molecule has 2 heterocycles. The minimum Gasteiger partial charge on any atom is -0.359 e. The molecule has 1 atom stereocenters. The van der Waals surface area contributed by atoms with Crippen LogP contribution in [0.5, 0.6) is 0 Å². The number of nitrogens with zero attached hydrogens (tertiary/aromatic N) is 4. The molecule has 0 saturated heterocycles. The molecule has 2 N–H and O–H groups in total. The molecule has 0 fully saturated rings. The van der Waals surface area contributed by atoms with E-state index in [1.165, 1.54) is 5.56 Å². The Hall–Kier alpha value is -1.62. The molecule has 0 bridgehead atoms. The second-order valence-electron chi connectivity index (χ2n) is 4.64. The largest absolute Gasteiger partial charge is 0.359 e. The minimum absolute atomic E-state index is 0.457. The van der Waals surface area contributed by atoms with Crippen molar-refractivity contribution >= 4 is 11.5 Å². The maximum Gasteiger partial charge on any atom is 0.157 e. The molecule has 0 amide bonds. The number of hydrogen-bond acceptors (Lipinski definition) is 4. The molecular formula is C12H19N5. The summed E-state index contributed by atoms with van der Waals surface area (Å²) in [6, 6.07) is 4.14. The van der Waals surface area contributed by atoms with E-state index in [0.29, 0.717) is 12.5 Å². The maximum atomic E-state index is 5.66. The van der Waals surface area contributed by atoms with Gasteiger partial charge in [-0.25, -0.2) is 4.98 Å². The predicted octanol–water partition coefficient (Wildman–Crippen LogP) is 1.07. The first-order chi connectivity index (χ1) is 8.11. The molecule has 0 aliphatic carbocycles. The highest BCUT2D eigenvalue weighted by Crippen LogP contribution is 2.17. The summed E-state index contributed by atoms with van der Waals surface area (Å²) < 4.78 is 1.86.